The molecule has 1 aliphatic heterocycles. The van der Waals surface area contributed by atoms with E-state index in [-0.39, 0.29) is 12.5 Å². The molecule has 2 aromatic heterocycles. The lowest BCUT2D eigenvalue weighted by Gasteiger charge is -2.33. The summed E-state index contributed by atoms with van der Waals surface area (Å²) < 4.78 is 1.98. The van der Waals surface area contributed by atoms with Crippen molar-refractivity contribution < 1.29 is 4.79 Å². The van der Waals surface area contributed by atoms with E-state index in [1.807, 2.05) is 16.3 Å². The fourth-order valence-corrected chi connectivity index (χ4v) is 4.47. The zero-order valence-electron chi connectivity index (χ0n) is 19.9. The third-order valence-corrected chi connectivity index (χ3v) is 6.34. The normalized spacial score (nSPS) is 15.1. The van der Waals surface area contributed by atoms with E-state index in [9.17, 15) is 4.79 Å². The molecule has 1 aliphatic rings. The summed E-state index contributed by atoms with van der Waals surface area (Å²) in [4.78, 5) is 20.7. The maximum Gasteiger partial charge on any atom is 0.236 e. The van der Waals surface area contributed by atoms with E-state index in [4.69, 9.17) is 15.8 Å². The van der Waals surface area contributed by atoms with Gasteiger partial charge in [-0.1, -0.05) is 43.3 Å². The van der Waals surface area contributed by atoms with Crippen molar-refractivity contribution in [1.29, 1.82) is 0 Å². The van der Waals surface area contributed by atoms with Gasteiger partial charge in [-0.15, -0.1) is 0 Å². The lowest BCUT2D eigenvalue weighted by atomic mass is 10.0. The number of nitrogens with zero attached hydrogens (tertiary/aromatic N) is 5. The molecular weight excluding hydrogens is 412 g/mol. The Kier molecular flexibility index (Phi) is 7.20. The second kappa shape index (κ2) is 10.3. The van der Waals surface area contributed by atoms with Crippen LogP contribution >= 0.6 is 0 Å². The molecule has 0 radical (unpaired) electrons. The summed E-state index contributed by atoms with van der Waals surface area (Å²) >= 11 is 0. The number of aromatic nitrogens is 3. The molecule has 0 atom stereocenters. The number of carbonyl (C=O) groups is 1. The maximum absolute atomic E-state index is 11.7. The molecule has 1 aromatic carbocycles. The summed E-state index contributed by atoms with van der Waals surface area (Å²) in [7, 11) is 0. The molecule has 2 N–H and O–H groups in total. The van der Waals surface area contributed by atoms with Gasteiger partial charge in [0.2, 0.25) is 5.91 Å². The van der Waals surface area contributed by atoms with Crippen LogP contribution in [0.3, 0.4) is 0 Å². The number of fused-ring (bicyclic) bond motifs is 1. The van der Waals surface area contributed by atoms with E-state index < -0.39 is 0 Å². The number of hydrogen-bond donors (Lipinski definition) is 1. The summed E-state index contributed by atoms with van der Waals surface area (Å²) in [5.74, 6) is 0.0431. The molecule has 174 valence electrons. The predicted octanol–water partition coefficient (Wildman–Crippen LogP) is 2.62. The number of benzene rings is 1. The van der Waals surface area contributed by atoms with Gasteiger partial charge in [0.05, 0.1) is 12.2 Å². The van der Waals surface area contributed by atoms with E-state index >= 15 is 0 Å². The molecule has 3 aromatic rings. The Morgan fingerprint density at radius 2 is 1.85 bits per heavy atom. The van der Waals surface area contributed by atoms with Crippen molar-refractivity contribution in [2.75, 3.05) is 39.3 Å². The van der Waals surface area contributed by atoms with Crippen molar-refractivity contribution in [3.8, 4) is 0 Å². The molecule has 7 heteroatoms. The zero-order valence-corrected chi connectivity index (χ0v) is 19.9. The van der Waals surface area contributed by atoms with Crippen LogP contribution in [-0.4, -0.2) is 69.6 Å². The van der Waals surface area contributed by atoms with Crippen molar-refractivity contribution in [2.24, 2.45) is 5.73 Å². The highest BCUT2D eigenvalue weighted by Gasteiger charge is 2.19. The van der Waals surface area contributed by atoms with Crippen LogP contribution in [0.2, 0.25) is 0 Å². The molecule has 0 aliphatic carbocycles. The molecule has 7 nitrogen and oxygen atoms in total. The molecule has 0 saturated carbocycles. The van der Waals surface area contributed by atoms with E-state index in [0.717, 1.165) is 68.3 Å². The lowest BCUT2D eigenvalue weighted by Crippen LogP contribution is -2.50. The van der Waals surface area contributed by atoms with Crippen LogP contribution in [0.4, 0.5) is 0 Å². The standard InChI is InChI=1S/C26H34N6O/c1-4-24-23(26-28-19(2)16-20(3)32(26)29-24)17-22-9-7-21(8-10-22)6-5-11-30-12-14-31(15-13-30)25(33)18-27/h5-10,16H,4,11-15,17-18,27H2,1-3H3/b6-5+. The Morgan fingerprint density at radius 3 is 2.52 bits per heavy atom. The summed E-state index contributed by atoms with van der Waals surface area (Å²) in [6.45, 7) is 10.6. The van der Waals surface area contributed by atoms with E-state index in [1.54, 1.807) is 0 Å². The Morgan fingerprint density at radius 1 is 1.12 bits per heavy atom. The monoisotopic (exact) mass is 446 g/mol. The molecule has 4 rings (SSSR count). The van der Waals surface area contributed by atoms with Crippen LogP contribution in [0.25, 0.3) is 11.7 Å². The van der Waals surface area contributed by atoms with Crippen molar-refractivity contribution in [2.45, 2.75) is 33.6 Å². The molecule has 0 unspecified atom stereocenters. The van der Waals surface area contributed by atoms with E-state index in [0.29, 0.717) is 0 Å². The van der Waals surface area contributed by atoms with Gasteiger partial charge in [-0.05, 0) is 37.5 Å². The van der Waals surface area contributed by atoms with Crippen LogP contribution < -0.4 is 5.73 Å². The van der Waals surface area contributed by atoms with Crippen LogP contribution in [-0.2, 0) is 17.6 Å². The molecule has 33 heavy (non-hydrogen) atoms. The Labute approximate surface area is 195 Å². The Balaban J connectivity index is 1.38. The van der Waals surface area contributed by atoms with Gasteiger partial charge in [0.15, 0.2) is 5.65 Å². The quantitative estimate of drug-likeness (QED) is 0.604. The number of rotatable bonds is 7. The van der Waals surface area contributed by atoms with E-state index in [2.05, 4.69) is 61.2 Å². The maximum atomic E-state index is 11.7. The minimum Gasteiger partial charge on any atom is -0.339 e. The number of aryl methyl sites for hydroxylation is 3. The van der Waals surface area contributed by atoms with Crippen LogP contribution in [0.15, 0.2) is 36.4 Å². The third kappa shape index (κ3) is 5.31. The number of nitrogens with two attached hydrogens (primary N) is 1. The van der Waals surface area contributed by atoms with Crippen LogP contribution in [0.5, 0.6) is 0 Å². The summed E-state index contributed by atoms with van der Waals surface area (Å²) in [6.07, 6.45) is 6.10. The van der Waals surface area contributed by atoms with E-state index in [1.165, 1.54) is 16.7 Å². The van der Waals surface area contributed by atoms with Crippen molar-refractivity contribution >= 4 is 17.6 Å². The van der Waals surface area contributed by atoms with Crippen molar-refractivity contribution in [1.82, 2.24) is 24.4 Å². The van der Waals surface area contributed by atoms with Gasteiger partial charge in [0.25, 0.3) is 0 Å². The first-order chi connectivity index (χ1) is 16.0. The van der Waals surface area contributed by atoms with Gasteiger partial charge in [-0.25, -0.2) is 9.50 Å². The molecular formula is C26H34N6O. The number of hydrogen-bond acceptors (Lipinski definition) is 5. The van der Waals surface area contributed by atoms with Gasteiger partial charge in [-0.3, -0.25) is 9.69 Å². The highest BCUT2D eigenvalue weighted by atomic mass is 16.2. The van der Waals surface area contributed by atoms with Crippen LogP contribution in [0.1, 0.15) is 40.7 Å². The number of carbonyl (C=O) groups excluding carboxylic acids is 1. The van der Waals surface area contributed by atoms with Crippen LogP contribution in [0, 0.1) is 13.8 Å². The molecule has 3 heterocycles. The molecule has 1 saturated heterocycles. The summed E-state index contributed by atoms with van der Waals surface area (Å²) in [6, 6.07) is 10.8. The lowest BCUT2D eigenvalue weighted by molar-refractivity contribution is -0.131. The average molecular weight is 447 g/mol. The molecule has 0 bridgehead atoms. The first kappa shape index (κ1) is 23.1. The SMILES string of the molecule is CCc1nn2c(C)cc(C)nc2c1Cc1ccc(/C=C/CN2CCN(C(=O)CN)CC2)cc1. The zero-order chi connectivity index (χ0) is 23.4. The molecule has 0 spiro atoms. The average Bonchev–Trinajstić information content (AvgIpc) is 3.17. The topological polar surface area (TPSA) is 79.8 Å². The highest BCUT2D eigenvalue weighted by molar-refractivity contribution is 5.78. The molecule has 1 fully saturated rings. The van der Waals surface area contributed by atoms with Gasteiger partial charge in [0.1, 0.15) is 0 Å². The van der Waals surface area contributed by atoms with Gasteiger partial charge < -0.3 is 10.6 Å². The Hall–Kier alpha value is -3.03. The fourth-order valence-electron chi connectivity index (χ4n) is 4.47. The van der Waals surface area contributed by atoms with Gasteiger partial charge >= 0.3 is 0 Å². The minimum absolute atomic E-state index is 0.0431. The largest absolute Gasteiger partial charge is 0.339 e. The predicted molar refractivity (Wildman–Crippen MR) is 132 cm³/mol. The number of amides is 1. The second-order valence-electron chi connectivity index (χ2n) is 8.76. The minimum atomic E-state index is 0.0431. The Bertz CT molecular complexity index is 1140. The van der Waals surface area contributed by atoms with Crippen molar-refractivity contribution in [3.63, 3.8) is 0 Å². The summed E-state index contributed by atoms with van der Waals surface area (Å²) in [5, 5.41) is 4.80. The first-order valence-corrected chi connectivity index (χ1v) is 11.8. The molecule has 1 amide bonds. The third-order valence-electron chi connectivity index (χ3n) is 6.34. The van der Waals surface area contributed by atoms with Crippen molar-refractivity contribution in [3.05, 3.63) is 70.2 Å². The van der Waals surface area contributed by atoms with Gasteiger partial charge in [0, 0.05) is 56.1 Å². The smallest absolute Gasteiger partial charge is 0.236 e. The van der Waals surface area contributed by atoms with Gasteiger partial charge in [-0.2, -0.15) is 5.10 Å². The second-order valence-corrected chi connectivity index (χ2v) is 8.76. The summed E-state index contributed by atoms with van der Waals surface area (Å²) in [5.41, 5.74) is 13.4. The highest BCUT2D eigenvalue weighted by Crippen LogP contribution is 2.21. The first-order valence-electron chi connectivity index (χ1n) is 11.8. The number of piperazine rings is 1. The fraction of sp³-hybridized carbons (Fsp3) is 0.423.